The van der Waals surface area contributed by atoms with Crippen molar-refractivity contribution in [1.29, 1.82) is 0 Å². The molecule has 2 aromatic carbocycles. The number of nitrogens with zero attached hydrogens (tertiary/aromatic N) is 5. The second-order valence-electron chi connectivity index (χ2n) is 8.41. The second-order valence-corrected chi connectivity index (χ2v) is 8.41. The Morgan fingerprint density at radius 3 is 2.55 bits per heavy atom. The largest absolute Gasteiger partial charge is 0.507 e. The highest BCUT2D eigenvalue weighted by Gasteiger charge is 2.21. The van der Waals surface area contributed by atoms with Crippen LogP contribution in [0.25, 0.3) is 44.5 Å². The van der Waals surface area contributed by atoms with Gasteiger partial charge in [0, 0.05) is 54.3 Å². The molecule has 4 heterocycles. The van der Waals surface area contributed by atoms with E-state index in [-0.39, 0.29) is 5.75 Å². The minimum atomic E-state index is 0.219. The molecule has 3 aromatic heterocycles. The van der Waals surface area contributed by atoms with Gasteiger partial charge in [-0.1, -0.05) is 30.3 Å². The fourth-order valence-electron chi connectivity index (χ4n) is 4.26. The third kappa shape index (κ3) is 3.52. The van der Waals surface area contributed by atoms with Crippen molar-refractivity contribution in [1.82, 2.24) is 30.3 Å². The van der Waals surface area contributed by atoms with E-state index in [4.69, 9.17) is 0 Å². The molecular formula is C26H22N6O. The Labute approximate surface area is 190 Å². The smallest absolute Gasteiger partial charge is 0.123 e. The normalized spacial score (nSPS) is 13.8. The molecule has 162 valence electrons. The predicted octanol–water partition coefficient (Wildman–Crippen LogP) is 4.15. The summed E-state index contributed by atoms with van der Waals surface area (Å²) in [5.41, 5.74) is 6.96. The van der Waals surface area contributed by atoms with Gasteiger partial charge in [0.25, 0.3) is 0 Å². The lowest BCUT2D eigenvalue weighted by Crippen LogP contribution is -2.40. The van der Waals surface area contributed by atoms with Gasteiger partial charge in [0.05, 0.1) is 23.3 Å². The molecule has 7 heteroatoms. The van der Waals surface area contributed by atoms with Crippen molar-refractivity contribution in [3.8, 4) is 39.4 Å². The fraction of sp³-hybridized carbons (Fsp3) is 0.154. The number of phenolic OH excluding ortho intramolecular Hbond substituents is 1. The quantitative estimate of drug-likeness (QED) is 0.442. The van der Waals surface area contributed by atoms with Crippen LogP contribution in [0.5, 0.6) is 5.75 Å². The van der Waals surface area contributed by atoms with Gasteiger partial charge >= 0.3 is 0 Å². The molecule has 2 N–H and O–H groups in total. The van der Waals surface area contributed by atoms with Gasteiger partial charge < -0.3 is 10.4 Å². The highest BCUT2D eigenvalue weighted by atomic mass is 16.3. The Bertz CT molecular complexity index is 1470. The Morgan fingerprint density at radius 1 is 0.909 bits per heavy atom. The van der Waals surface area contributed by atoms with Crippen LogP contribution in [0.4, 0.5) is 0 Å². The maximum absolute atomic E-state index is 10.6. The average Bonchev–Trinajstić information content (AvgIpc) is 3.18. The van der Waals surface area contributed by atoms with Gasteiger partial charge in [0.15, 0.2) is 0 Å². The first-order valence-corrected chi connectivity index (χ1v) is 10.9. The topological polar surface area (TPSA) is 88.8 Å². The van der Waals surface area contributed by atoms with E-state index in [0.717, 1.165) is 63.3 Å². The number of phenols is 1. The molecule has 0 spiro atoms. The molecule has 1 fully saturated rings. The van der Waals surface area contributed by atoms with E-state index < -0.39 is 0 Å². The summed E-state index contributed by atoms with van der Waals surface area (Å²) < 4.78 is 1.79. The Morgan fingerprint density at radius 2 is 1.79 bits per heavy atom. The van der Waals surface area contributed by atoms with Gasteiger partial charge in [-0.2, -0.15) is 15.3 Å². The van der Waals surface area contributed by atoms with E-state index in [1.165, 1.54) is 0 Å². The third-order valence-corrected chi connectivity index (χ3v) is 6.18. The van der Waals surface area contributed by atoms with Crippen molar-refractivity contribution in [2.24, 2.45) is 7.05 Å². The van der Waals surface area contributed by atoms with Crippen LogP contribution in [0, 0.1) is 0 Å². The Hall–Kier alpha value is -4.10. The van der Waals surface area contributed by atoms with Gasteiger partial charge in [-0.3, -0.25) is 9.67 Å². The molecule has 6 rings (SSSR count). The minimum Gasteiger partial charge on any atom is -0.507 e. The van der Waals surface area contributed by atoms with Gasteiger partial charge in [-0.15, -0.1) is 0 Å². The van der Waals surface area contributed by atoms with Gasteiger partial charge in [-0.05, 0) is 35.9 Å². The first-order valence-electron chi connectivity index (χ1n) is 10.9. The molecule has 5 aromatic rings. The first kappa shape index (κ1) is 19.6. The summed E-state index contributed by atoms with van der Waals surface area (Å²) in [7, 11) is 1.90. The highest BCUT2D eigenvalue weighted by molar-refractivity contribution is 5.89. The zero-order valence-corrected chi connectivity index (χ0v) is 18.1. The molecule has 1 aliphatic rings. The maximum Gasteiger partial charge on any atom is 0.123 e. The molecule has 0 bridgehead atoms. The van der Waals surface area contributed by atoms with Crippen molar-refractivity contribution in [3.63, 3.8) is 0 Å². The molecule has 1 saturated heterocycles. The summed E-state index contributed by atoms with van der Waals surface area (Å²) in [6.07, 6.45) is 3.77. The van der Waals surface area contributed by atoms with Crippen LogP contribution in [-0.4, -0.2) is 43.2 Å². The van der Waals surface area contributed by atoms with Crippen molar-refractivity contribution < 1.29 is 5.11 Å². The lowest BCUT2D eigenvalue weighted by Gasteiger charge is -2.26. The summed E-state index contributed by atoms with van der Waals surface area (Å²) in [5, 5.41) is 28.3. The lowest BCUT2D eigenvalue weighted by atomic mass is 9.93. The molecule has 0 aliphatic carbocycles. The van der Waals surface area contributed by atoms with Crippen molar-refractivity contribution >= 4 is 10.9 Å². The molecule has 0 saturated carbocycles. The van der Waals surface area contributed by atoms with Gasteiger partial charge in [0.2, 0.25) is 0 Å². The van der Waals surface area contributed by atoms with Crippen LogP contribution < -0.4 is 5.32 Å². The summed E-state index contributed by atoms with van der Waals surface area (Å²) in [4.78, 5) is 4.62. The van der Waals surface area contributed by atoms with Crippen molar-refractivity contribution in [3.05, 3.63) is 78.8 Å². The van der Waals surface area contributed by atoms with Crippen LogP contribution in [0.2, 0.25) is 0 Å². The summed E-state index contributed by atoms with van der Waals surface area (Å²) >= 11 is 0. The van der Waals surface area contributed by atoms with E-state index >= 15 is 0 Å². The molecule has 33 heavy (non-hydrogen) atoms. The summed E-state index contributed by atoms with van der Waals surface area (Å²) in [6.45, 7) is 1.89. The molecular weight excluding hydrogens is 412 g/mol. The van der Waals surface area contributed by atoms with E-state index in [2.05, 4.69) is 31.7 Å². The monoisotopic (exact) mass is 434 g/mol. The number of pyridine rings is 1. The summed E-state index contributed by atoms with van der Waals surface area (Å²) in [6, 6.07) is 19.6. The van der Waals surface area contributed by atoms with Crippen LogP contribution in [-0.2, 0) is 7.05 Å². The first-order chi connectivity index (χ1) is 16.2. The molecule has 1 aliphatic heterocycles. The maximum atomic E-state index is 10.6. The van der Waals surface area contributed by atoms with Crippen molar-refractivity contribution in [2.75, 3.05) is 13.1 Å². The number of hydrogen-bond acceptors (Lipinski definition) is 6. The van der Waals surface area contributed by atoms with Crippen molar-refractivity contribution in [2.45, 2.75) is 5.92 Å². The molecule has 0 amide bonds. The van der Waals surface area contributed by atoms with Gasteiger partial charge in [0.1, 0.15) is 11.3 Å². The van der Waals surface area contributed by atoms with E-state index in [1.807, 2.05) is 61.8 Å². The number of aryl methyl sites for hydroxylation is 1. The molecule has 0 atom stereocenters. The van der Waals surface area contributed by atoms with Crippen LogP contribution in [0.1, 0.15) is 11.6 Å². The average molecular weight is 435 g/mol. The van der Waals surface area contributed by atoms with Gasteiger partial charge in [-0.25, -0.2) is 0 Å². The number of rotatable bonds is 4. The molecule has 0 unspecified atom stereocenters. The van der Waals surface area contributed by atoms with E-state index in [9.17, 15) is 5.11 Å². The predicted molar refractivity (Wildman–Crippen MR) is 128 cm³/mol. The standard InChI is InChI=1S/C26H22N6O/c1-32-15-17-11-24(28-14-25(17)31-32)16-6-7-19(21(10-16)20-4-2-3-5-26(20)33)23-9-8-22(29-30-23)18-12-27-13-18/h2-11,14-15,18,27,33H,12-13H2,1H3. The number of benzene rings is 2. The summed E-state index contributed by atoms with van der Waals surface area (Å²) in [5.74, 6) is 0.650. The van der Waals surface area contributed by atoms with E-state index in [1.54, 1.807) is 16.9 Å². The number of fused-ring (bicyclic) bond motifs is 1. The van der Waals surface area contributed by atoms with Crippen LogP contribution >= 0.6 is 0 Å². The number of aromatic nitrogens is 5. The number of aromatic hydroxyl groups is 1. The number of nitrogens with one attached hydrogen (secondary N) is 1. The van der Waals surface area contributed by atoms with Crippen LogP contribution in [0.15, 0.2) is 73.1 Å². The zero-order valence-electron chi connectivity index (χ0n) is 18.1. The molecule has 0 radical (unpaired) electrons. The van der Waals surface area contributed by atoms with E-state index in [0.29, 0.717) is 5.92 Å². The lowest BCUT2D eigenvalue weighted by molar-refractivity contribution is 0.436. The minimum absolute atomic E-state index is 0.219. The third-order valence-electron chi connectivity index (χ3n) is 6.18. The molecule has 7 nitrogen and oxygen atoms in total. The Balaban J connectivity index is 1.48. The zero-order chi connectivity index (χ0) is 22.4. The Kier molecular flexibility index (Phi) is 4.62. The second kappa shape index (κ2) is 7.79. The highest BCUT2D eigenvalue weighted by Crippen LogP contribution is 2.38. The fourth-order valence-corrected chi connectivity index (χ4v) is 4.26. The van der Waals surface area contributed by atoms with Crippen LogP contribution in [0.3, 0.4) is 0 Å². The SMILES string of the molecule is Cn1cc2cc(-c3ccc(-c4ccc(C5CNC5)nn4)c(-c4ccccc4O)c3)ncc2n1. The number of para-hydroxylation sites is 1. The number of hydrogen-bond donors (Lipinski definition) is 2.